The molecule has 0 atom stereocenters. The monoisotopic (exact) mass is 240 g/mol. The summed E-state index contributed by atoms with van der Waals surface area (Å²) in [5.41, 5.74) is 9.04. The summed E-state index contributed by atoms with van der Waals surface area (Å²) in [6, 6.07) is 8.26. The van der Waals surface area contributed by atoms with Gasteiger partial charge in [-0.3, -0.25) is 0 Å². The van der Waals surface area contributed by atoms with Crippen LogP contribution in [-0.2, 0) is 13.5 Å². The second-order valence-corrected chi connectivity index (χ2v) is 4.42. The topological polar surface area (TPSA) is 59.6 Å². The molecule has 0 fully saturated rings. The minimum Gasteiger partial charge on any atom is -0.360 e. The Labute approximate surface area is 105 Å². The van der Waals surface area contributed by atoms with E-state index >= 15 is 0 Å². The van der Waals surface area contributed by atoms with Gasteiger partial charge in [0.25, 0.3) is 0 Å². The van der Waals surface area contributed by atoms with Crippen molar-refractivity contribution in [2.24, 2.45) is 12.8 Å². The molecule has 18 heavy (non-hydrogen) atoms. The lowest BCUT2D eigenvalue weighted by molar-refractivity contribution is 0.811. The van der Waals surface area contributed by atoms with E-state index in [-0.39, 0.29) is 0 Å². The first kappa shape index (κ1) is 11.0. The van der Waals surface area contributed by atoms with Crippen molar-refractivity contribution in [2.75, 3.05) is 6.54 Å². The molecular formula is C14H16N4. The van der Waals surface area contributed by atoms with Crippen LogP contribution in [0, 0.1) is 0 Å². The van der Waals surface area contributed by atoms with Gasteiger partial charge in [-0.15, -0.1) is 0 Å². The summed E-state index contributed by atoms with van der Waals surface area (Å²) in [4.78, 5) is 7.79. The number of rotatable bonds is 3. The second kappa shape index (κ2) is 4.31. The first-order valence-corrected chi connectivity index (χ1v) is 6.08. The van der Waals surface area contributed by atoms with Gasteiger partial charge in [0, 0.05) is 48.0 Å². The molecule has 3 N–H and O–H groups in total. The number of aromatic nitrogens is 3. The van der Waals surface area contributed by atoms with Gasteiger partial charge in [0.05, 0.1) is 0 Å². The summed E-state index contributed by atoms with van der Waals surface area (Å²) in [5, 5.41) is 1.20. The molecule has 3 rings (SSSR count). The van der Waals surface area contributed by atoms with Crippen molar-refractivity contribution in [2.45, 2.75) is 6.42 Å². The molecule has 0 aliphatic rings. The number of para-hydroxylation sites is 1. The molecule has 0 radical (unpaired) electrons. The molecule has 3 aromatic rings. The molecule has 2 heterocycles. The number of nitrogens with zero attached hydrogens (tertiary/aromatic N) is 2. The average molecular weight is 240 g/mol. The highest BCUT2D eigenvalue weighted by Gasteiger charge is 2.12. The average Bonchev–Trinajstić information content (AvgIpc) is 2.95. The Morgan fingerprint density at radius 3 is 3.00 bits per heavy atom. The molecular weight excluding hydrogens is 224 g/mol. The standard InChI is InChI=1S/C14H16N4/c1-18-10(6-7-15)8-17-14(18)12-9-16-13-5-3-2-4-11(12)13/h2-5,8-9,16H,6-7,15H2,1H3. The van der Waals surface area contributed by atoms with Crippen LogP contribution in [0.1, 0.15) is 5.69 Å². The van der Waals surface area contributed by atoms with Crippen molar-refractivity contribution >= 4 is 10.9 Å². The number of nitrogens with two attached hydrogens (primary N) is 1. The Kier molecular flexibility index (Phi) is 2.64. The Hall–Kier alpha value is -2.07. The summed E-state index contributed by atoms with van der Waals surface area (Å²) in [6.45, 7) is 0.646. The van der Waals surface area contributed by atoms with E-state index < -0.39 is 0 Å². The number of H-pyrrole nitrogens is 1. The van der Waals surface area contributed by atoms with Crippen LogP contribution in [0.15, 0.2) is 36.7 Å². The maximum absolute atomic E-state index is 5.60. The van der Waals surface area contributed by atoms with Gasteiger partial charge in [0.2, 0.25) is 0 Å². The molecule has 0 aliphatic carbocycles. The lowest BCUT2D eigenvalue weighted by Gasteiger charge is -2.04. The van der Waals surface area contributed by atoms with E-state index in [2.05, 4.69) is 26.7 Å². The van der Waals surface area contributed by atoms with Gasteiger partial charge in [-0.2, -0.15) is 0 Å². The van der Waals surface area contributed by atoms with Crippen molar-refractivity contribution in [3.05, 3.63) is 42.4 Å². The van der Waals surface area contributed by atoms with E-state index in [0.29, 0.717) is 6.54 Å². The molecule has 0 saturated heterocycles. The van der Waals surface area contributed by atoms with Crippen molar-refractivity contribution in [1.82, 2.24) is 14.5 Å². The third-order valence-corrected chi connectivity index (χ3v) is 3.32. The smallest absolute Gasteiger partial charge is 0.142 e. The minimum absolute atomic E-state index is 0.646. The highest BCUT2D eigenvalue weighted by Crippen LogP contribution is 2.27. The summed E-state index contributed by atoms with van der Waals surface area (Å²) in [5.74, 6) is 0.982. The number of nitrogens with one attached hydrogen (secondary N) is 1. The van der Waals surface area contributed by atoms with Crippen molar-refractivity contribution in [1.29, 1.82) is 0 Å². The minimum atomic E-state index is 0.646. The third-order valence-electron chi connectivity index (χ3n) is 3.32. The molecule has 0 amide bonds. The first-order chi connectivity index (χ1) is 8.81. The SMILES string of the molecule is Cn1c(CCN)cnc1-c1c[nH]c2ccccc12. The van der Waals surface area contributed by atoms with Gasteiger partial charge in [-0.1, -0.05) is 18.2 Å². The van der Waals surface area contributed by atoms with Gasteiger partial charge in [-0.05, 0) is 12.6 Å². The van der Waals surface area contributed by atoms with Crippen LogP contribution < -0.4 is 5.73 Å². The van der Waals surface area contributed by atoms with E-state index in [4.69, 9.17) is 5.73 Å². The molecule has 0 unspecified atom stereocenters. The van der Waals surface area contributed by atoms with Crippen LogP contribution in [0.5, 0.6) is 0 Å². The molecule has 0 saturated carbocycles. The summed E-state index contributed by atoms with van der Waals surface area (Å²) >= 11 is 0. The maximum atomic E-state index is 5.60. The van der Waals surface area contributed by atoms with Gasteiger partial charge < -0.3 is 15.3 Å². The quantitative estimate of drug-likeness (QED) is 0.736. The molecule has 2 aromatic heterocycles. The fourth-order valence-corrected chi connectivity index (χ4v) is 2.33. The van der Waals surface area contributed by atoms with E-state index in [9.17, 15) is 0 Å². The van der Waals surface area contributed by atoms with E-state index in [0.717, 1.165) is 29.0 Å². The van der Waals surface area contributed by atoms with Crippen LogP contribution in [0.25, 0.3) is 22.3 Å². The molecule has 0 bridgehead atoms. The molecule has 4 heteroatoms. The molecule has 92 valence electrons. The Morgan fingerprint density at radius 1 is 1.33 bits per heavy atom. The van der Waals surface area contributed by atoms with Crippen molar-refractivity contribution < 1.29 is 0 Å². The third kappa shape index (κ3) is 1.62. The van der Waals surface area contributed by atoms with Crippen LogP contribution in [0.2, 0.25) is 0 Å². The Morgan fingerprint density at radius 2 is 2.17 bits per heavy atom. The predicted octanol–water partition coefficient (Wildman–Crippen LogP) is 2.07. The maximum Gasteiger partial charge on any atom is 0.142 e. The highest BCUT2D eigenvalue weighted by atomic mass is 15.1. The molecule has 4 nitrogen and oxygen atoms in total. The van der Waals surface area contributed by atoms with E-state index in [1.54, 1.807) is 0 Å². The lowest BCUT2D eigenvalue weighted by Crippen LogP contribution is -2.07. The number of aromatic amines is 1. The van der Waals surface area contributed by atoms with Crippen molar-refractivity contribution in [3.8, 4) is 11.4 Å². The summed E-state index contributed by atoms with van der Waals surface area (Å²) < 4.78 is 2.11. The molecule has 0 spiro atoms. The van der Waals surface area contributed by atoms with Crippen LogP contribution in [-0.4, -0.2) is 21.1 Å². The fraction of sp³-hybridized carbons (Fsp3) is 0.214. The summed E-state index contributed by atoms with van der Waals surface area (Å²) in [6.07, 6.45) is 4.77. The number of hydrogen-bond donors (Lipinski definition) is 2. The first-order valence-electron chi connectivity index (χ1n) is 6.08. The zero-order chi connectivity index (χ0) is 12.5. The van der Waals surface area contributed by atoms with Gasteiger partial charge >= 0.3 is 0 Å². The van der Waals surface area contributed by atoms with Gasteiger partial charge in [-0.25, -0.2) is 4.98 Å². The largest absolute Gasteiger partial charge is 0.360 e. The van der Waals surface area contributed by atoms with E-state index in [1.807, 2.05) is 31.6 Å². The van der Waals surface area contributed by atoms with Crippen molar-refractivity contribution in [3.63, 3.8) is 0 Å². The number of benzene rings is 1. The van der Waals surface area contributed by atoms with Gasteiger partial charge in [0.15, 0.2) is 0 Å². The zero-order valence-corrected chi connectivity index (χ0v) is 10.4. The van der Waals surface area contributed by atoms with Gasteiger partial charge in [0.1, 0.15) is 5.82 Å². The van der Waals surface area contributed by atoms with Crippen LogP contribution in [0.3, 0.4) is 0 Å². The molecule has 1 aromatic carbocycles. The number of imidazole rings is 1. The molecule has 0 aliphatic heterocycles. The van der Waals surface area contributed by atoms with E-state index in [1.165, 1.54) is 5.39 Å². The number of hydrogen-bond acceptors (Lipinski definition) is 2. The zero-order valence-electron chi connectivity index (χ0n) is 10.4. The normalized spacial score (nSPS) is 11.2. The predicted molar refractivity (Wildman–Crippen MR) is 73.3 cm³/mol. The fourth-order valence-electron chi connectivity index (χ4n) is 2.33. The highest BCUT2D eigenvalue weighted by molar-refractivity contribution is 5.93. The number of fused-ring (bicyclic) bond motifs is 1. The van der Waals surface area contributed by atoms with Crippen LogP contribution in [0.4, 0.5) is 0 Å². The van der Waals surface area contributed by atoms with Crippen LogP contribution >= 0.6 is 0 Å². The summed E-state index contributed by atoms with van der Waals surface area (Å²) in [7, 11) is 2.04. The Balaban J connectivity index is 2.15. The lowest BCUT2D eigenvalue weighted by atomic mass is 10.1. The Bertz CT molecular complexity index is 678. The second-order valence-electron chi connectivity index (χ2n) is 4.42.